The predicted octanol–water partition coefficient (Wildman–Crippen LogP) is 23.7. The molecule has 82 heavy (non-hydrogen) atoms. The summed E-state index contributed by atoms with van der Waals surface area (Å²) < 4.78 is 34.8. The van der Waals surface area contributed by atoms with E-state index in [1.165, 1.54) is 334 Å². The van der Waals surface area contributed by atoms with E-state index in [1.54, 1.807) is 0 Å². The Morgan fingerprint density at radius 1 is 0.329 bits per heavy atom. The monoisotopic (exact) mass is 1180 g/mol. The first-order valence-electron chi connectivity index (χ1n) is 36.8. The van der Waals surface area contributed by atoms with Gasteiger partial charge in [0.1, 0.15) is 19.8 Å². The van der Waals surface area contributed by atoms with Crippen LogP contribution < -0.4 is 0 Å². The maximum absolute atomic E-state index is 12.9. The molecule has 2 unspecified atom stereocenters. The lowest BCUT2D eigenvalue weighted by Crippen LogP contribution is -2.37. The van der Waals surface area contributed by atoms with E-state index < -0.39 is 26.5 Å². The molecule has 1 N–H and O–H groups in total. The van der Waals surface area contributed by atoms with Crippen molar-refractivity contribution in [2.45, 2.75) is 405 Å². The molecule has 0 aromatic heterocycles. The fraction of sp³-hybridized carbons (Fsp3) is 0.972. The van der Waals surface area contributed by atoms with Crippen LogP contribution in [-0.2, 0) is 32.7 Å². The number of phosphoric ester groups is 1. The summed E-state index contributed by atoms with van der Waals surface area (Å²) in [6.07, 6.45) is 78.0. The van der Waals surface area contributed by atoms with E-state index in [0.29, 0.717) is 17.4 Å². The second kappa shape index (κ2) is 64.5. The summed E-state index contributed by atoms with van der Waals surface area (Å²) in [6.45, 7) is 4.54. The third kappa shape index (κ3) is 68.1. The highest BCUT2D eigenvalue weighted by molar-refractivity contribution is 7.47. The molecule has 2 atom stereocenters. The summed E-state index contributed by atoms with van der Waals surface area (Å²) in [6, 6.07) is 0. The first-order valence-corrected chi connectivity index (χ1v) is 38.3. The van der Waals surface area contributed by atoms with Crippen molar-refractivity contribution in [1.29, 1.82) is 0 Å². The van der Waals surface area contributed by atoms with Crippen LogP contribution in [0.1, 0.15) is 399 Å². The Kier molecular flexibility index (Phi) is 63.7. The minimum Gasteiger partial charge on any atom is -0.462 e. The molecule has 0 aliphatic rings. The van der Waals surface area contributed by atoms with Crippen molar-refractivity contribution >= 4 is 19.8 Å². The minimum atomic E-state index is -4.38. The number of hydrogen-bond donors (Lipinski definition) is 1. The highest BCUT2D eigenvalue weighted by atomic mass is 31.2. The number of unbranched alkanes of at least 4 members (excludes halogenated alkanes) is 56. The third-order valence-corrected chi connectivity index (χ3v) is 18.1. The highest BCUT2D eigenvalue weighted by Gasteiger charge is 2.27. The lowest BCUT2D eigenvalue weighted by Gasteiger charge is -2.24. The summed E-state index contributed by atoms with van der Waals surface area (Å²) in [5.41, 5.74) is 0. The van der Waals surface area contributed by atoms with E-state index in [4.69, 9.17) is 18.5 Å². The Hall–Kier alpha value is -0.990. The maximum atomic E-state index is 12.9. The van der Waals surface area contributed by atoms with Gasteiger partial charge in [0.05, 0.1) is 27.7 Å². The number of nitrogens with zero attached hydrogens (tertiary/aromatic N) is 1. The molecule has 0 radical (unpaired) electrons. The van der Waals surface area contributed by atoms with Crippen molar-refractivity contribution in [2.24, 2.45) is 0 Å². The van der Waals surface area contributed by atoms with Crippen LogP contribution in [-0.4, -0.2) is 74.9 Å². The zero-order chi connectivity index (χ0) is 59.8. The first kappa shape index (κ1) is 81.0. The molecule has 0 bridgehead atoms. The van der Waals surface area contributed by atoms with E-state index in [0.717, 1.165) is 38.5 Å². The molecule has 0 fully saturated rings. The summed E-state index contributed by atoms with van der Waals surface area (Å²) in [5, 5.41) is 0. The number of quaternary nitrogens is 1. The summed E-state index contributed by atoms with van der Waals surface area (Å²) in [7, 11) is 1.51. The number of ether oxygens (including phenoxy) is 2. The molecule has 9 nitrogen and oxygen atoms in total. The molecule has 0 rings (SSSR count). The smallest absolute Gasteiger partial charge is 0.462 e. The fourth-order valence-corrected chi connectivity index (χ4v) is 12.2. The molecule has 0 aromatic rings. The largest absolute Gasteiger partial charge is 0.472 e. The average molecular weight is 1180 g/mol. The molecule has 0 amide bonds. The third-order valence-electron chi connectivity index (χ3n) is 17.1. The number of phosphoric acid groups is 1. The van der Waals surface area contributed by atoms with Gasteiger partial charge in [-0.05, 0) is 12.8 Å². The second-order valence-electron chi connectivity index (χ2n) is 26.7. The zero-order valence-corrected chi connectivity index (χ0v) is 56.9. The van der Waals surface area contributed by atoms with Gasteiger partial charge in [0.15, 0.2) is 6.10 Å². The number of carbonyl (C=O) groups is 2. The molecule has 0 spiro atoms. The van der Waals surface area contributed by atoms with Gasteiger partial charge >= 0.3 is 19.8 Å². The quantitative estimate of drug-likeness (QED) is 0.0278. The molecular weight excluding hydrogens is 1040 g/mol. The Bertz CT molecular complexity index is 1340. The first-order chi connectivity index (χ1) is 40.0. The summed E-state index contributed by atoms with van der Waals surface area (Å²) in [5.74, 6) is -0.766. The SMILES string of the molecule is CCCCCCCCCCCCCCCCCCCCCCCCCCCCCCCCCCCC(=O)OC(COC(=O)CCCCCCCCCCCCCCCCCCCCCCCCCCC)COP(=O)(O)OCC[N+](C)(C)C. The van der Waals surface area contributed by atoms with Crippen LogP contribution in [0.3, 0.4) is 0 Å². The number of esters is 2. The molecule has 0 saturated heterocycles. The Labute approximate surface area is 512 Å². The maximum Gasteiger partial charge on any atom is 0.472 e. The molecule has 490 valence electrons. The number of carbonyl (C=O) groups excluding carboxylic acids is 2. The number of likely N-dealkylation sites (N-methyl/N-ethyl adjacent to an activating group) is 1. The highest BCUT2D eigenvalue weighted by Crippen LogP contribution is 2.43. The van der Waals surface area contributed by atoms with Crippen molar-refractivity contribution in [3.8, 4) is 0 Å². The van der Waals surface area contributed by atoms with Crippen molar-refractivity contribution in [2.75, 3.05) is 47.5 Å². The van der Waals surface area contributed by atoms with E-state index in [2.05, 4.69) is 13.8 Å². The topological polar surface area (TPSA) is 108 Å². The van der Waals surface area contributed by atoms with Gasteiger partial charge in [0.25, 0.3) is 0 Å². The van der Waals surface area contributed by atoms with E-state index in [9.17, 15) is 19.0 Å². The van der Waals surface area contributed by atoms with Crippen LogP contribution in [0.2, 0.25) is 0 Å². The summed E-state index contributed by atoms with van der Waals surface area (Å²) in [4.78, 5) is 35.9. The second-order valence-corrected chi connectivity index (χ2v) is 28.2. The van der Waals surface area contributed by atoms with Crippen LogP contribution in [0.4, 0.5) is 0 Å². The predicted molar refractivity (Wildman–Crippen MR) is 354 cm³/mol. The molecule has 0 aromatic carbocycles. The van der Waals surface area contributed by atoms with Crippen LogP contribution in [0.25, 0.3) is 0 Å². The van der Waals surface area contributed by atoms with Gasteiger partial charge in [-0.25, -0.2) is 4.57 Å². The van der Waals surface area contributed by atoms with Crippen LogP contribution in [0.15, 0.2) is 0 Å². The lowest BCUT2D eigenvalue weighted by atomic mass is 10.0. The Morgan fingerprint density at radius 3 is 0.780 bits per heavy atom. The molecule has 10 heteroatoms. The normalized spacial score (nSPS) is 13.0. The van der Waals surface area contributed by atoms with E-state index in [1.807, 2.05) is 21.1 Å². The van der Waals surface area contributed by atoms with Gasteiger partial charge in [0.2, 0.25) is 0 Å². The molecule has 0 aliphatic carbocycles. The van der Waals surface area contributed by atoms with Crippen LogP contribution in [0.5, 0.6) is 0 Å². The molecular formula is C72H145NO8P+. The van der Waals surface area contributed by atoms with Crippen molar-refractivity contribution in [1.82, 2.24) is 0 Å². The Balaban J connectivity index is 3.93. The molecule has 0 heterocycles. The van der Waals surface area contributed by atoms with Gasteiger partial charge in [-0.15, -0.1) is 0 Å². The number of rotatable bonds is 70. The van der Waals surface area contributed by atoms with Gasteiger partial charge in [-0.2, -0.15) is 0 Å². The number of hydrogen-bond acceptors (Lipinski definition) is 7. The zero-order valence-electron chi connectivity index (χ0n) is 56.0. The van der Waals surface area contributed by atoms with Gasteiger partial charge in [-0.3, -0.25) is 18.6 Å². The minimum absolute atomic E-state index is 0.0378. The van der Waals surface area contributed by atoms with Crippen molar-refractivity contribution in [3.05, 3.63) is 0 Å². The Morgan fingerprint density at radius 2 is 0.549 bits per heavy atom. The lowest BCUT2D eigenvalue weighted by molar-refractivity contribution is -0.870. The summed E-state index contributed by atoms with van der Waals surface area (Å²) >= 11 is 0. The van der Waals surface area contributed by atoms with Gasteiger partial charge in [0, 0.05) is 12.8 Å². The van der Waals surface area contributed by atoms with Crippen molar-refractivity contribution < 1.29 is 42.1 Å². The van der Waals surface area contributed by atoms with Gasteiger partial charge < -0.3 is 18.9 Å². The average Bonchev–Trinajstić information content (AvgIpc) is 3.46. The van der Waals surface area contributed by atoms with E-state index in [-0.39, 0.29) is 25.6 Å². The molecule has 0 aliphatic heterocycles. The van der Waals surface area contributed by atoms with Crippen LogP contribution in [0, 0.1) is 0 Å². The fourth-order valence-electron chi connectivity index (χ4n) is 11.5. The van der Waals surface area contributed by atoms with Crippen molar-refractivity contribution in [3.63, 3.8) is 0 Å². The van der Waals surface area contributed by atoms with E-state index >= 15 is 0 Å². The standard InChI is InChI=1S/C72H144NO8P/c1-6-8-10-12-14-16-18-20-22-24-26-28-30-32-33-34-35-36-37-38-39-41-43-45-47-49-51-53-55-57-59-61-63-65-72(75)81-70(69-80-82(76,77)79-67-66-73(3,4)5)68-78-71(74)64-62-60-58-56-54-52-50-48-46-44-42-40-31-29-27-25-23-21-19-17-15-13-11-9-7-2/h70H,6-69H2,1-5H3/p+1. The van der Waals surface area contributed by atoms with Crippen LogP contribution >= 0.6 is 7.82 Å². The van der Waals surface area contributed by atoms with Gasteiger partial charge in [-0.1, -0.05) is 373 Å². The molecule has 0 saturated carbocycles.